The average Bonchev–Trinajstić information content (AvgIpc) is 2.52. The first-order valence-corrected chi connectivity index (χ1v) is 7.65. The second-order valence-electron chi connectivity index (χ2n) is 5.66. The van der Waals surface area contributed by atoms with Gasteiger partial charge in [-0.1, -0.05) is 12.1 Å². The number of ether oxygens (including phenoxy) is 1. The van der Waals surface area contributed by atoms with E-state index >= 15 is 0 Å². The third-order valence-corrected chi connectivity index (χ3v) is 4.03. The molecular weight excluding hydrogens is 276 g/mol. The van der Waals surface area contributed by atoms with E-state index in [9.17, 15) is 0 Å². The summed E-state index contributed by atoms with van der Waals surface area (Å²) in [6, 6.07) is 8.24. The molecule has 22 heavy (non-hydrogen) atoms. The fourth-order valence-electron chi connectivity index (χ4n) is 2.57. The van der Waals surface area contributed by atoms with Crippen molar-refractivity contribution in [2.45, 2.75) is 20.8 Å². The van der Waals surface area contributed by atoms with Crippen molar-refractivity contribution in [2.75, 3.05) is 36.5 Å². The first-order valence-electron chi connectivity index (χ1n) is 7.65. The topological polar surface area (TPSA) is 50.3 Å². The third kappa shape index (κ3) is 3.20. The molecule has 3 rings (SSSR count). The fourth-order valence-corrected chi connectivity index (χ4v) is 2.57. The highest BCUT2D eigenvalue weighted by molar-refractivity contribution is 5.61. The van der Waals surface area contributed by atoms with E-state index in [1.807, 2.05) is 19.1 Å². The van der Waals surface area contributed by atoms with E-state index in [1.54, 1.807) is 0 Å². The van der Waals surface area contributed by atoms with Crippen molar-refractivity contribution < 1.29 is 4.74 Å². The third-order valence-electron chi connectivity index (χ3n) is 4.03. The molecule has 1 fully saturated rings. The van der Waals surface area contributed by atoms with E-state index in [1.165, 1.54) is 11.1 Å². The van der Waals surface area contributed by atoms with Crippen LogP contribution in [0.5, 0.6) is 0 Å². The monoisotopic (exact) mass is 298 g/mol. The lowest BCUT2D eigenvalue weighted by Crippen LogP contribution is -2.36. The van der Waals surface area contributed by atoms with Crippen molar-refractivity contribution >= 4 is 17.5 Å². The van der Waals surface area contributed by atoms with Gasteiger partial charge < -0.3 is 15.0 Å². The molecule has 0 spiro atoms. The maximum Gasteiger partial charge on any atom is 0.229 e. The number of nitrogens with zero attached hydrogens (tertiary/aromatic N) is 3. The molecule has 5 heteroatoms. The molecule has 1 aromatic heterocycles. The number of morpholine rings is 1. The van der Waals surface area contributed by atoms with Crippen LogP contribution in [0.1, 0.15) is 16.8 Å². The predicted octanol–water partition coefficient (Wildman–Crippen LogP) is 2.98. The molecule has 0 atom stereocenters. The maximum absolute atomic E-state index is 5.41. The van der Waals surface area contributed by atoms with Crippen LogP contribution in [0.3, 0.4) is 0 Å². The van der Waals surface area contributed by atoms with Crippen LogP contribution < -0.4 is 10.2 Å². The highest BCUT2D eigenvalue weighted by atomic mass is 16.5. The summed E-state index contributed by atoms with van der Waals surface area (Å²) in [5.74, 6) is 1.61. The van der Waals surface area contributed by atoms with Crippen molar-refractivity contribution in [1.29, 1.82) is 0 Å². The summed E-state index contributed by atoms with van der Waals surface area (Å²) >= 11 is 0. The standard InChI is InChI=1S/C17H22N4O/c1-12-5-4-6-15(14(12)3)19-17-18-13(2)11-16(20-17)21-7-9-22-10-8-21/h4-6,11H,7-10H2,1-3H3,(H,18,19,20). The molecule has 1 N–H and O–H groups in total. The van der Waals surface area contributed by atoms with E-state index in [2.05, 4.69) is 46.2 Å². The van der Waals surface area contributed by atoms with Gasteiger partial charge in [-0.05, 0) is 38.0 Å². The van der Waals surface area contributed by atoms with Gasteiger partial charge in [0.2, 0.25) is 5.95 Å². The van der Waals surface area contributed by atoms with Crippen molar-refractivity contribution in [1.82, 2.24) is 9.97 Å². The Bertz CT molecular complexity index is 666. The lowest BCUT2D eigenvalue weighted by Gasteiger charge is -2.28. The minimum atomic E-state index is 0.648. The zero-order valence-corrected chi connectivity index (χ0v) is 13.4. The predicted molar refractivity (Wildman–Crippen MR) is 89.0 cm³/mol. The van der Waals surface area contributed by atoms with Gasteiger partial charge in [0.15, 0.2) is 0 Å². The zero-order valence-electron chi connectivity index (χ0n) is 13.4. The number of aryl methyl sites for hydroxylation is 2. The van der Waals surface area contributed by atoms with Crippen LogP contribution in [0.4, 0.5) is 17.5 Å². The lowest BCUT2D eigenvalue weighted by atomic mass is 10.1. The minimum absolute atomic E-state index is 0.648. The summed E-state index contributed by atoms with van der Waals surface area (Å²) in [6.45, 7) is 9.47. The Labute approximate surface area is 131 Å². The number of hydrogen-bond donors (Lipinski definition) is 1. The maximum atomic E-state index is 5.41. The molecule has 0 bridgehead atoms. The van der Waals surface area contributed by atoms with Gasteiger partial charge in [0.05, 0.1) is 13.2 Å². The van der Waals surface area contributed by atoms with E-state index in [4.69, 9.17) is 4.74 Å². The van der Waals surface area contributed by atoms with Crippen LogP contribution in [0.15, 0.2) is 24.3 Å². The van der Waals surface area contributed by atoms with Gasteiger partial charge in [0, 0.05) is 30.5 Å². The van der Waals surface area contributed by atoms with Gasteiger partial charge in [0.25, 0.3) is 0 Å². The summed E-state index contributed by atoms with van der Waals surface area (Å²) in [7, 11) is 0. The van der Waals surface area contributed by atoms with Crippen LogP contribution >= 0.6 is 0 Å². The van der Waals surface area contributed by atoms with Gasteiger partial charge in [0.1, 0.15) is 5.82 Å². The molecule has 0 amide bonds. The Morgan fingerprint density at radius 3 is 2.64 bits per heavy atom. The van der Waals surface area contributed by atoms with E-state index < -0.39 is 0 Å². The molecule has 0 aliphatic carbocycles. The van der Waals surface area contributed by atoms with Crippen LogP contribution in [-0.2, 0) is 4.74 Å². The molecule has 0 unspecified atom stereocenters. The van der Waals surface area contributed by atoms with Crippen molar-refractivity contribution in [3.8, 4) is 0 Å². The SMILES string of the molecule is Cc1cc(N2CCOCC2)nc(Nc2cccc(C)c2C)n1. The molecular formula is C17H22N4O. The summed E-state index contributed by atoms with van der Waals surface area (Å²) in [5.41, 5.74) is 4.49. The second-order valence-corrected chi connectivity index (χ2v) is 5.66. The van der Waals surface area contributed by atoms with Crippen molar-refractivity contribution in [3.63, 3.8) is 0 Å². The summed E-state index contributed by atoms with van der Waals surface area (Å²) in [6.07, 6.45) is 0. The molecule has 1 saturated heterocycles. The van der Waals surface area contributed by atoms with E-state index in [0.29, 0.717) is 5.95 Å². The number of anilines is 3. The smallest absolute Gasteiger partial charge is 0.229 e. The van der Waals surface area contributed by atoms with Crippen LogP contribution in [0, 0.1) is 20.8 Å². The van der Waals surface area contributed by atoms with Gasteiger partial charge in [-0.3, -0.25) is 0 Å². The van der Waals surface area contributed by atoms with E-state index in [0.717, 1.165) is 43.5 Å². The number of rotatable bonds is 3. The normalized spacial score (nSPS) is 15.0. The van der Waals surface area contributed by atoms with Crippen molar-refractivity contribution in [3.05, 3.63) is 41.1 Å². The van der Waals surface area contributed by atoms with Crippen LogP contribution in [-0.4, -0.2) is 36.3 Å². The highest BCUT2D eigenvalue weighted by Crippen LogP contribution is 2.23. The Morgan fingerprint density at radius 2 is 1.86 bits per heavy atom. The largest absolute Gasteiger partial charge is 0.378 e. The zero-order chi connectivity index (χ0) is 15.5. The first kappa shape index (κ1) is 14.8. The summed E-state index contributed by atoms with van der Waals surface area (Å²) < 4.78 is 5.41. The molecule has 2 aromatic rings. The second kappa shape index (κ2) is 6.32. The fraction of sp³-hybridized carbons (Fsp3) is 0.412. The number of hydrogen-bond acceptors (Lipinski definition) is 5. The number of benzene rings is 1. The van der Waals surface area contributed by atoms with Crippen LogP contribution in [0.25, 0.3) is 0 Å². The van der Waals surface area contributed by atoms with Gasteiger partial charge in [-0.15, -0.1) is 0 Å². The average molecular weight is 298 g/mol. The molecule has 116 valence electrons. The summed E-state index contributed by atoms with van der Waals surface area (Å²) in [5, 5.41) is 3.35. The van der Waals surface area contributed by atoms with Gasteiger partial charge in [-0.2, -0.15) is 4.98 Å². The molecule has 0 saturated carbocycles. The summed E-state index contributed by atoms with van der Waals surface area (Å²) in [4.78, 5) is 11.4. The molecule has 2 heterocycles. The van der Waals surface area contributed by atoms with Gasteiger partial charge >= 0.3 is 0 Å². The van der Waals surface area contributed by atoms with Crippen LogP contribution in [0.2, 0.25) is 0 Å². The van der Waals surface area contributed by atoms with Crippen molar-refractivity contribution in [2.24, 2.45) is 0 Å². The minimum Gasteiger partial charge on any atom is -0.378 e. The molecule has 5 nitrogen and oxygen atoms in total. The Morgan fingerprint density at radius 1 is 1.09 bits per heavy atom. The quantitative estimate of drug-likeness (QED) is 0.944. The Kier molecular flexibility index (Phi) is 4.24. The number of aromatic nitrogens is 2. The molecule has 1 aromatic carbocycles. The first-order chi connectivity index (χ1) is 10.6. The molecule has 1 aliphatic heterocycles. The number of nitrogens with one attached hydrogen (secondary N) is 1. The molecule has 0 radical (unpaired) electrons. The lowest BCUT2D eigenvalue weighted by molar-refractivity contribution is 0.122. The molecule has 1 aliphatic rings. The van der Waals surface area contributed by atoms with Gasteiger partial charge in [-0.25, -0.2) is 4.98 Å². The Balaban J connectivity index is 1.87. The highest BCUT2D eigenvalue weighted by Gasteiger charge is 2.14. The Hall–Kier alpha value is -2.14. The van der Waals surface area contributed by atoms with E-state index in [-0.39, 0.29) is 0 Å².